The van der Waals surface area contributed by atoms with Crippen LogP contribution >= 0.6 is 11.6 Å². The summed E-state index contributed by atoms with van der Waals surface area (Å²) in [6, 6.07) is 5.55. The number of fused-ring (bicyclic) bond motifs is 1. The molecule has 0 radical (unpaired) electrons. The summed E-state index contributed by atoms with van der Waals surface area (Å²) in [5.41, 5.74) is 0. The zero-order valence-electron chi connectivity index (χ0n) is 25.8. The molecular weight excluding hydrogens is 596 g/mol. The molecule has 5 atom stereocenters. The first-order chi connectivity index (χ1) is 20.6. The molecule has 3 fully saturated rings. The van der Waals surface area contributed by atoms with E-state index < -0.39 is 52.6 Å². The zero-order chi connectivity index (χ0) is 30.9. The van der Waals surface area contributed by atoms with Gasteiger partial charge in [-0.2, -0.15) is 0 Å². The Morgan fingerprint density at radius 1 is 1.02 bits per heavy atom. The number of carbonyl (C=O) groups excluding carboxylic acids is 1. The van der Waals surface area contributed by atoms with Gasteiger partial charge in [0.05, 0.1) is 4.90 Å². The maximum Gasteiger partial charge on any atom is 0.421 e. The third kappa shape index (κ3) is 10.3. The molecule has 0 bridgehead atoms. The summed E-state index contributed by atoms with van der Waals surface area (Å²) in [6.07, 6.45) is 8.35. The third-order valence-corrected chi connectivity index (χ3v) is 9.77. The first kappa shape index (κ1) is 34.4. The van der Waals surface area contributed by atoms with Gasteiger partial charge in [-0.3, -0.25) is 4.90 Å². The minimum absolute atomic E-state index is 0.0938. The molecule has 3 aliphatic heterocycles. The summed E-state index contributed by atoms with van der Waals surface area (Å²) in [7, 11) is -4.17. The highest BCUT2D eigenvalue weighted by Gasteiger charge is 2.58. The monoisotopic (exact) mass is 644 g/mol. The van der Waals surface area contributed by atoms with Crippen molar-refractivity contribution in [2.24, 2.45) is 0 Å². The van der Waals surface area contributed by atoms with Crippen molar-refractivity contribution < 1.29 is 36.9 Å². The zero-order valence-corrected chi connectivity index (χ0v) is 27.4. The van der Waals surface area contributed by atoms with Crippen molar-refractivity contribution >= 4 is 27.7 Å². The number of unbranched alkanes of at least 4 members (excludes halogenated alkanes) is 7. The molecule has 1 aromatic rings. The maximum atomic E-state index is 13.1. The standard InChI is InChI=1S/C31H49ClN2O8S/c1-4-5-6-7-8-9-10-14-21-38-27-26(40-29-28(27)41-31(2,3)42-29)25(22-34-19-12-11-13-20-34)39-30(35)33-43(36,37)24-17-15-23(32)16-18-24/h15-18,25-29H,4-14,19-22H2,1-3H3,(H,33,35)/t25?,26-,27+,28-,29-/m1/s1. The smallest absolute Gasteiger partial charge is 0.421 e. The largest absolute Gasteiger partial charge is 0.441 e. The lowest BCUT2D eigenvalue weighted by molar-refractivity contribution is -0.230. The second kappa shape index (κ2) is 16.2. The van der Waals surface area contributed by atoms with E-state index in [0.29, 0.717) is 18.2 Å². The molecule has 0 aliphatic carbocycles. The van der Waals surface area contributed by atoms with Crippen molar-refractivity contribution in [2.75, 3.05) is 26.2 Å². The average Bonchev–Trinajstić information content (AvgIpc) is 3.44. The predicted molar refractivity (Wildman–Crippen MR) is 163 cm³/mol. The summed E-state index contributed by atoms with van der Waals surface area (Å²) in [4.78, 5) is 15.2. The number of rotatable bonds is 16. The Hall–Kier alpha value is -1.47. The van der Waals surface area contributed by atoms with Crippen LogP contribution < -0.4 is 4.72 Å². The van der Waals surface area contributed by atoms with Gasteiger partial charge in [0.25, 0.3) is 10.0 Å². The predicted octanol–water partition coefficient (Wildman–Crippen LogP) is 6.01. The Labute approximate surface area is 262 Å². The number of sulfonamides is 1. The van der Waals surface area contributed by atoms with Crippen LogP contribution in [0.5, 0.6) is 0 Å². The normalized spacial score (nSPS) is 26.2. The van der Waals surface area contributed by atoms with E-state index in [1.807, 2.05) is 18.6 Å². The summed E-state index contributed by atoms with van der Waals surface area (Å²) in [5, 5.41) is 0.387. The molecule has 1 amide bonds. The number of nitrogens with zero attached hydrogens (tertiary/aromatic N) is 1. The first-order valence-electron chi connectivity index (χ1n) is 15.9. The summed E-state index contributed by atoms with van der Waals surface area (Å²) < 4.78 is 58.6. The fraction of sp³-hybridized carbons (Fsp3) is 0.774. The number of hydrogen-bond donors (Lipinski definition) is 1. The van der Waals surface area contributed by atoms with Gasteiger partial charge < -0.3 is 23.7 Å². The fourth-order valence-electron chi connectivity index (χ4n) is 6.00. The van der Waals surface area contributed by atoms with Crippen molar-refractivity contribution in [3.63, 3.8) is 0 Å². The van der Waals surface area contributed by atoms with Gasteiger partial charge in [-0.15, -0.1) is 0 Å². The molecule has 3 aliphatic rings. The minimum atomic E-state index is -4.17. The van der Waals surface area contributed by atoms with Gasteiger partial charge >= 0.3 is 6.09 Å². The van der Waals surface area contributed by atoms with Crippen LogP contribution in [0, 0.1) is 0 Å². The van der Waals surface area contributed by atoms with Crippen molar-refractivity contribution in [1.82, 2.24) is 9.62 Å². The number of halogens is 1. The Morgan fingerprint density at radius 3 is 2.35 bits per heavy atom. The Morgan fingerprint density at radius 2 is 1.67 bits per heavy atom. The molecule has 43 heavy (non-hydrogen) atoms. The van der Waals surface area contributed by atoms with Crippen LogP contribution in [0.3, 0.4) is 0 Å². The SMILES string of the molecule is CCCCCCCCCCO[C@@H]1[C@H]2OC(C)(C)O[C@H]2O[C@@H]1C(CN1CCCCC1)OC(=O)NS(=O)(=O)c1ccc(Cl)cc1. The van der Waals surface area contributed by atoms with Crippen molar-refractivity contribution in [1.29, 1.82) is 0 Å². The number of piperidine rings is 1. The van der Waals surface area contributed by atoms with Crippen molar-refractivity contribution in [3.8, 4) is 0 Å². The van der Waals surface area contributed by atoms with E-state index in [1.165, 1.54) is 62.8 Å². The molecule has 0 saturated carbocycles. The Bertz CT molecular complexity index is 1110. The van der Waals surface area contributed by atoms with Crippen LogP contribution in [0.4, 0.5) is 4.79 Å². The van der Waals surface area contributed by atoms with Gasteiger partial charge in [-0.05, 0) is 70.5 Å². The number of amides is 1. The molecule has 3 heterocycles. The molecular formula is C31H49ClN2O8S. The molecule has 1 N–H and O–H groups in total. The van der Waals surface area contributed by atoms with Gasteiger partial charge in [0, 0.05) is 18.2 Å². The molecule has 1 unspecified atom stereocenters. The number of nitrogens with one attached hydrogen (secondary N) is 1. The summed E-state index contributed by atoms with van der Waals surface area (Å²) >= 11 is 5.90. The van der Waals surface area contributed by atoms with Crippen molar-refractivity contribution in [2.45, 2.75) is 133 Å². The van der Waals surface area contributed by atoms with Crippen LogP contribution in [0.2, 0.25) is 5.02 Å². The minimum Gasteiger partial charge on any atom is -0.441 e. The first-order valence-corrected chi connectivity index (χ1v) is 17.8. The van der Waals surface area contributed by atoms with Gasteiger partial charge in [-0.1, -0.05) is 69.9 Å². The molecule has 0 spiro atoms. The number of hydrogen-bond acceptors (Lipinski definition) is 9. The van der Waals surface area contributed by atoms with E-state index in [4.69, 9.17) is 35.3 Å². The summed E-state index contributed by atoms with van der Waals surface area (Å²) in [6.45, 7) is 8.48. The van der Waals surface area contributed by atoms with Crippen LogP contribution in [0.25, 0.3) is 0 Å². The van der Waals surface area contributed by atoms with Crippen LogP contribution in [0.1, 0.15) is 91.4 Å². The Balaban J connectivity index is 1.43. The highest BCUT2D eigenvalue weighted by Crippen LogP contribution is 2.40. The third-order valence-electron chi connectivity index (χ3n) is 8.19. The van der Waals surface area contributed by atoms with Gasteiger partial charge in [0.15, 0.2) is 12.1 Å². The molecule has 1 aromatic carbocycles. The quantitative estimate of drug-likeness (QED) is 0.216. The molecule has 4 rings (SSSR count). The summed E-state index contributed by atoms with van der Waals surface area (Å²) in [5.74, 6) is -0.840. The van der Waals surface area contributed by atoms with E-state index in [1.54, 1.807) is 0 Å². The van der Waals surface area contributed by atoms with Crippen molar-refractivity contribution in [3.05, 3.63) is 29.3 Å². The van der Waals surface area contributed by atoms with Gasteiger partial charge in [0.1, 0.15) is 24.4 Å². The van der Waals surface area contributed by atoms with Crippen LogP contribution in [-0.4, -0.2) is 82.1 Å². The molecule has 0 aromatic heterocycles. The lowest BCUT2D eigenvalue weighted by Gasteiger charge is -2.35. The number of ether oxygens (including phenoxy) is 5. The molecule has 3 saturated heterocycles. The van der Waals surface area contributed by atoms with E-state index in [0.717, 1.165) is 45.2 Å². The lowest BCUT2D eigenvalue weighted by Crippen LogP contribution is -2.51. The topological polar surface area (TPSA) is 113 Å². The van der Waals surface area contributed by atoms with E-state index in [9.17, 15) is 13.2 Å². The molecule has 10 nitrogen and oxygen atoms in total. The maximum absolute atomic E-state index is 13.1. The second-order valence-electron chi connectivity index (χ2n) is 12.2. The number of benzene rings is 1. The van der Waals surface area contributed by atoms with Gasteiger partial charge in [-0.25, -0.2) is 17.9 Å². The van der Waals surface area contributed by atoms with Crippen LogP contribution in [0.15, 0.2) is 29.2 Å². The van der Waals surface area contributed by atoms with E-state index in [-0.39, 0.29) is 4.90 Å². The fourth-order valence-corrected chi connectivity index (χ4v) is 7.00. The Kier molecular flexibility index (Phi) is 13.0. The average molecular weight is 645 g/mol. The van der Waals surface area contributed by atoms with E-state index >= 15 is 0 Å². The molecule has 12 heteroatoms. The lowest BCUT2D eigenvalue weighted by atomic mass is 10.0. The number of likely N-dealkylation sites (tertiary alicyclic amines) is 1. The van der Waals surface area contributed by atoms with E-state index in [2.05, 4.69) is 11.8 Å². The highest BCUT2D eigenvalue weighted by molar-refractivity contribution is 7.90. The number of carbonyl (C=O) groups is 1. The second-order valence-corrected chi connectivity index (χ2v) is 14.4. The highest BCUT2D eigenvalue weighted by atomic mass is 35.5. The van der Waals surface area contributed by atoms with Gasteiger partial charge in [0.2, 0.25) is 0 Å². The molecule has 244 valence electrons. The van der Waals surface area contributed by atoms with Crippen LogP contribution in [-0.2, 0) is 33.7 Å².